The molecule has 1 aromatic heterocycles. The van der Waals surface area contributed by atoms with Crippen molar-refractivity contribution in [3.05, 3.63) is 46.7 Å². The molecule has 0 spiro atoms. The third kappa shape index (κ3) is 3.16. The lowest BCUT2D eigenvalue weighted by atomic mass is 10.2. The largest absolute Gasteiger partial charge is 0.475 e. The third-order valence-corrected chi connectivity index (χ3v) is 3.95. The highest BCUT2D eigenvalue weighted by atomic mass is 35.5. The fourth-order valence-electron chi connectivity index (χ4n) is 1.44. The van der Waals surface area contributed by atoms with Gasteiger partial charge in [-0.1, -0.05) is 11.6 Å². The Morgan fingerprint density at radius 1 is 1.33 bits per heavy atom. The Labute approximate surface area is 124 Å². The maximum Gasteiger partial charge on any atom is 0.371 e. The van der Waals surface area contributed by atoms with Crippen LogP contribution in [0.2, 0.25) is 5.02 Å². The standard InChI is InChI=1S/C12H7ClN2O5S/c13-8-5-7(6-14)1-2-9(8)15-21(18,19)11-4-3-10(20-11)12(16)17/h1-5,15H,(H,16,17). The van der Waals surface area contributed by atoms with E-state index >= 15 is 0 Å². The van der Waals surface area contributed by atoms with Crippen molar-refractivity contribution < 1.29 is 22.7 Å². The van der Waals surface area contributed by atoms with Gasteiger partial charge in [0.2, 0.25) is 10.9 Å². The lowest BCUT2D eigenvalue weighted by Gasteiger charge is -2.07. The van der Waals surface area contributed by atoms with Crippen LogP contribution >= 0.6 is 11.6 Å². The summed E-state index contributed by atoms with van der Waals surface area (Å²) in [5.41, 5.74) is 0.318. The van der Waals surface area contributed by atoms with Gasteiger partial charge < -0.3 is 9.52 Å². The van der Waals surface area contributed by atoms with Gasteiger partial charge in [-0.25, -0.2) is 4.79 Å². The minimum atomic E-state index is -4.12. The van der Waals surface area contributed by atoms with Gasteiger partial charge >= 0.3 is 5.97 Å². The number of carboxylic acid groups (broad SMARTS) is 1. The Bertz CT molecular complexity index is 851. The van der Waals surface area contributed by atoms with E-state index in [2.05, 4.69) is 4.72 Å². The molecule has 0 aliphatic rings. The summed E-state index contributed by atoms with van der Waals surface area (Å²) in [6, 6.07) is 7.90. The zero-order chi connectivity index (χ0) is 15.6. The number of halogens is 1. The summed E-state index contributed by atoms with van der Waals surface area (Å²) < 4.78 is 30.9. The van der Waals surface area contributed by atoms with Gasteiger partial charge in [0, 0.05) is 0 Å². The zero-order valence-electron chi connectivity index (χ0n) is 10.2. The molecule has 21 heavy (non-hydrogen) atoms. The van der Waals surface area contributed by atoms with E-state index in [0.29, 0.717) is 0 Å². The quantitative estimate of drug-likeness (QED) is 0.889. The predicted molar refractivity (Wildman–Crippen MR) is 72.6 cm³/mol. The average molecular weight is 327 g/mol. The molecule has 0 saturated carbocycles. The van der Waals surface area contributed by atoms with Gasteiger partial charge in [-0.05, 0) is 30.3 Å². The molecule has 0 radical (unpaired) electrons. The van der Waals surface area contributed by atoms with Crippen LogP contribution in [0.25, 0.3) is 0 Å². The van der Waals surface area contributed by atoms with Crippen molar-refractivity contribution in [2.24, 2.45) is 0 Å². The van der Waals surface area contributed by atoms with Crippen LogP contribution in [0.3, 0.4) is 0 Å². The van der Waals surface area contributed by atoms with Gasteiger partial charge in [0.1, 0.15) is 0 Å². The Morgan fingerprint density at radius 3 is 2.57 bits per heavy atom. The van der Waals surface area contributed by atoms with Crippen LogP contribution in [0.5, 0.6) is 0 Å². The van der Waals surface area contributed by atoms with Crippen molar-refractivity contribution in [2.45, 2.75) is 5.09 Å². The van der Waals surface area contributed by atoms with E-state index in [0.717, 1.165) is 12.1 Å². The first kappa shape index (κ1) is 14.9. The highest BCUT2D eigenvalue weighted by Gasteiger charge is 2.22. The Balaban J connectivity index is 2.33. The summed E-state index contributed by atoms with van der Waals surface area (Å²) in [5.74, 6) is -1.88. The maximum absolute atomic E-state index is 12.0. The number of sulfonamides is 1. The molecule has 9 heteroatoms. The van der Waals surface area contributed by atoms with Crippen molar-refractivity contribution in [2.75, 3.05) is 4.72 Å². The first-order valence-electron chi connectivity index (χ1n) is 5.39. The normalized spacial score (nSPS) is 10.9. The number of hydrogen-bond acceptors (Lipinski definition) is 5. The van der Waals surface area contributed by atoms with Crippen molar-refractivity contribution in [3.63, 3.8) is 0 Å². The molecule has 0 aliphatic heterocycles. The lowest BCUT2D eigenvalue weighted by Crippen LogP contribution is -2.12. The smallest absolute Gasteiger partial charge is 0.371 e. The van der Waals surface area contributed by atoms with Crippen molar-refractivity contribution >= 4 is 33.3 Å². The number of nitriles is 1. The molecule has 0 bridgehead atoms. The fraction of sp³-hybridized carbons (Fsp3) is 0. The van der Waals surface area contributed by atoms with Gasteiger partial charge in [-0.15, -0.1) is 0 Å². The molecular weight excluding hydrogens is 320 g/mol. The van der Waals surface area contributed by atoms with Crippen LogP contribution < -0.4 is 4.72 Å². The van der Waals surface area contributed by atoms with E-state index in [-0.39, 0.29) is 16.3 Å². The second-order valence-electron chi connectivity index (χ2n) is 3.84. The topological polar surface area (TPSA) is 120 Å². The second-order valence-corrected chi connectivity index (χ2v) is 5.86. The Hall–Kier alpha value is -2.50. The molecule has 0 unspecified atom stereocenters. The number of anilines is 1. The summed E-state index contributed by atoms with van der Waals surface area (Å²) in [6.07, 6.45) is 0. The monoisotopic (exact) mass is 326 g/mol. The van der Waals surface area contributed by atoms with E-state index in [1.807, 2.05) is 6.07 Å². The first-order valence-corrected chi connectivity index (χ1v) is 7.25. The molecule has 0 fully saturated rings. The molecule has 0 aliphatic carbocycles. The molecule has 2 N–H and O–H groups in total. The van der Waals surface area contributed by atoms with E-state index in [1.165, 1.54) is 18.2 Å². The van der Waals surface area contributed by atoms with Crippen LogP contribution in [-0.2, 0) is 10.0 Å². The number of furan rings is 1. The summed E-state index contributed by atoms with van der Waals surface area (Å²) in [7, 11) is -4.12. The van der Waals surface area contributed by atoms with Crippen molar-refractivity contribution in [1.29, 1.82) is 5.26 Å². The summed E-state index contributed by atoms with van der Waals surface area (Å²) in [6.45, 7) is 0. The molecule has 0 amide bonds. The van der Waals surface area contributed by atoms with Crippen LogP contribution in [0.1, 0.15) is 16.1 Å². The summed E-state index contributed by atoms with van der Waals surface area (Å²) in [4.78, 5) is 10.7. The summed E-state index contributed by atoms with van der Waals surface area (Å²) in [5, 5.41) is 16.9. The summed E-state index contributed by atoms with van der Waals surface area (Å²) >= 11 is 5.85. The minimum absolute atomic E-state index is 0.0302. The number of rotatable bonds is 4. The molecule has 2 rings (SSSR count). The molecule has 7 nitrogen and oxygen atoms in total. The van der Waals surface area contributed by atoms with E-state index < -0.39 is 26.8 Å². The number of nitrogens with zero attached hydrogens (tertiary/aromatic N) is 1. The lowest BCUT2D eigenvalue weighted by molar-refractivity contribution is 0.0656. The number of carbonyl (C=O) groups is 1. The van der Waals surface area contributed by atoms with E-state index in [1.54, 1.807) is 0 Å². The zero-order valence-corrected chi connectivity index (χ0v) is 11.8. The Morgan fingerprint density at radius 2 is 2.05 bits per heavy atom. The van der Waals surface area contributed by atoms with Crippen LogP contribution in [0.4, 0.5) is 5.69 Å². The van der Waals surface area contributed by atoms with Crippen LogP contribution in [-0.4, -0.2) is 19.5 Å². The van der Waals surface area contributed by atoms with Gasteiger partial charge in [0.05, 0.1) is 22.3 Å². The third-order valence-electron chi connectivity index (χ3n) is 2.40. The van der Waals surface area contributed by atoms with Crippen molar-refractivity contribution in [3.8, 4) is 6.07 Å². The Kier molecular flexibility index (Phi) is 3.88. The number of benzene rings is 1. The molecule has 1 aromatic carbocycles. The molecule has 0 atom stereocenters. The highest BCUT2D eigenvalue weighted by Crippen LogP contribution is 2.26. The fourth-order valence-corrected chi connectivity index (χ4v) is 2.74. The maximum atomic E-state index is 12.0. The van der Waals surface area contributed by atoms with E-state index in [9.17, 15) is 13.2 Å². The average Bonchev–Trinajstić information content (AvgIpc) is 2.91. The predicted octanol–water partition coefficient (Wildman–Crippen LogP) is 2.30. The minimum Gasteiger partial charge on any atom is -0.475 e. The first-order chi connectivity index (χ1) is 9.83. The number of nitrogens with one attached hydrogen (secondary N) is 1. The molecule has 0 saturated heterocycles. The molecule has 1 heterocycles. The van der Waals surface area contributed by atoms with Crippen molar-refractivity contribution in [1.82, 2.24) is 0 Å². The number of carboxylic acids is 1. The van der Waals surface area contributed by atoms with Gasteiger partial charge in [-0.2, -0.15) is 13.7 Å². The number of aromatic carboxylic acids is 1. The number of hydrogen-bond donors (Lipinski definition) is 2. The van der Waals surface area contributed by atoms with Gasteiger partial charge in [0.15, 0.2) is 0 Å². The second kappa shape index (κ2) is 5.47. The SMILES string of the molecule is N#Cc1ccc(NS(=O)(=O)c2ccc(C(=O)O)o2)c(Cl)c1. The van der Waals surface area contributed by atoms with Crippen LogP contribution in [0, 0.1) is 11.3 Å². The van der Waals surface area contributed by atoms with E-state index in [4.69, 9.17) is 26.4 Å². The van der Waals surface area contributed by atoms with Gasteiger partial charge in [0.25, 0.3) is 10.0 Å². The van der Waals surface area contributed by atoms with Crippen LogP contribution in [0.15, 0.2) is 39.8 Å². The van der Waals surface area contributed by atoms with Gasteiger partial charge in [-0.3, -0.25) is 4.72 Å². The highest BCUT2D eigenvalue weighted by molar-refractivity contribution is 7.92. The molecular formula is C12H7ClN2O5S. The molecule has 108 valence electrons. The molecule has 2 aromatic rings.